The van der Waals surface area contributed by atoms with Crippen LogP contribution in [0.1, 0.15) is 18.4 Å². The van der Waals surface area contributed by atoms with E-state index in [9.17, 15) is 9.90 Å². The molecule has 1 unspecified atom stereocenters. The van der Waals surface area contributed by atoms with Gasteiger partial charge in [0.05, 0.1) is 37.3 Å². The van der Waals surface area contributed by atoms with Crippen molar-refractivity contribution >= 4 is 35.1 Å². The zero-order valence-corrected chi connectivity index (χ0v) is 24.1. The number of anilines is 1. The second-order valence-corrected chi connectivity index (χ2v) is 11.8. The molecule has 2 aromatic heterocycles. The molecule has 0 spiro atoms. The topological polar surface area (TPSA) is 104 Å². The molecule has 3 saturated heterocycles. The summed E-state index contributed by atoms with van der Waals surface area (Å²) in [4.78, 5) is 32.0. The van der Waals surface area contributed by atoms with Gasteiger partial charge in [-0.3, -0.25) is 14.6 Å². The fraction of sp³-hybridized carbons (Fsp3) is 0.448. The average molecular weight is 600 g/mol. The minimum Gasteiger partial charge on any atom is -0.481 e. The Morgan fingerprint density at radius 3 is 2.39 bits per heavy atom. The first kappa shape index (κ1) is 28.1. The van der Waals surface area contributed by atoms with Crippen molar-refractivity contribution in [2.24, 2.45) is 5.92 Å². The Kier molecular flexibility index (Phi) is 8.55. The van der Waals surface area contributed by atoms with E-state index in [0.717, 1.165) is 70.0 Å². The largest absolute Gasteiger partial charge is 0.481 e. The molecule has 0 saturated carbocycles. The van der Waals surface area contributed by atoms with Gasteiger partial charge in [0.25, 0.3) is 0 Å². The maximum absolute atomic E-state index is 11.2. The molecule has 10 nitrogen and oxygen atoms in total. The van der Waals surface area contributed by atoms with Crippen molar-refractivity contribution in [2.75, 3.05) is 57.4 Å². The van der Waals surface area contributed by atoms with E-state index in [-0.39, 0.29) is 12.3 Å². The van der Waals surface area contributed by atoms with Crippen LogP contribution in [-0.4, -0.2) is 94.4 Å². The number of rotatable bonds is 9. The molecule has 0 radical (unpaired) electrons. The lowest BCUT2D eigenvalue weighted by Gasteiger charge is -2.42. The van der Waals surface area contributed by atoms with Crippen LogP contribution < -0.4 is 9.64 Å². The van der Waals surface area contributed by atoms with E-state index in [0.29, 0.717) is 45.9 Å². The van der Waals surface area contributed by atoms with Crippen molar-refractivity contribution in [2.45, 2.75) is 25.4 Å². The number of aliphatic carboxylic acids is 1. The Labute approximate surface area is 248 Å². The number of carboxylic acids is 1. The van der Waals surface area contributed by atoms with E-state index in [1.54, 1.807) is 18.5 Å². The number of benzene rings is 1. The Hall–Kier alpha value is -3.02. The van der Waals surface area contributed by atoms with Gasteiger partial charge in [-0.05, 0) is 48.7 Å². The van der Waals surface area contributed by atoms with E-state index in [1.165, 1.54) is 0 Å². The molecule has 0 aliphatic carbocycles. The first-order valence-corrected chi connectivity index (χ1v) is 14.6. The Morgan fingerprint density at radius 2 is 1.73 bits per heavy atom. The van der Waals surface area contributed by atoms with Crippen molar-refractivity contribution < 1.29 is 19.4 Å². The summed E-state index contributed by atoms with van der Waals surface area (Å²) in [5, 5.41) is 10.2. The average Bonchev–Trinajstić information content (AvgIpc) is 3.34. The third-order valence-corrected chi connectivity index (χ3v) is 8.27. The highest BCUT2D eigenvalue weighted by atomic mass is 35.5. The molecule has 6 rings (SSSR count). The zero-order chi connectivity index (χ0) is 28.3. The number of likely N-dealkylation sites (tertiary alicyclic amines) is 1. The van der Waals surface area contributed by atoms with Crippen molar-refractivity contribution in [3.63, 3.8) is 0 Å². The smallest absolute Gasteiger partial charge is 0.303 e. The zero-order valence-electron chi connectivity index (χ0n) is 22.6. The standard InChI is InChI=1S/C29H32Cl2N6O4/c30-22-10-21(11-23(31)12-22)26-7-20(16-35-2-1-19(15-35)9-28(38)39)8-27(34-26)41-25-13-32-29(33-14-25)37-5-3-36(4-6-37)24-17-40-18-24/h7-8,10-14,19,24H,1-6,9,15-18H2,(H,38,39). The van der Waals surface area contributed by atoms with Gasteiger partial charge in [-0.2, -0.15) is 0 Å². The number of hydrogen-bond acceptors (Lipinski definition) is 9. The second-order valence-electron chi connectivity index (χ2n) is 10.9. The number of halogens is 2. The molecule has 3 aliphatic heterocycles. The molecular weight excluding hydrogens is 567 g/mol. The maximum atomic E-state index is 11.2. The van der Waals surface area contributed by atoms with Crippen LogP contribution in [0.4, 0.5) is 5.95 Å². The van der Waals surface area contributed by atoms with Crippen LogP contribution in [0.5, 0.6) is 11.6 Å². The normalized spacial score (nSPS) is 20.2. The minimum absolute atomic E-state index is 0.155. The summed E-state index contributed by atoms with van der Waals surface area (Å²) in [5.74, 6) is 0.977. The van der Waals surface area contributed by atoms with Crippen molar-refractivity contribution in [3.8, 4) is 22.9 Å². The van der Waals surface area contributed by atoms with Gasteiger partial charge >= 0.3 is 5.97 Å². The Morgan fingerprint density at radius 1 is 1.00 bits per heavy atom. The molecular formula is C29H32Cl2N6O4. The number of pyridine rings is 1. The number of nitrogens with zero attached hydrogens (tertiary/aromatic N) is 6. The first-order chi connectivity index (χ1) is 19.9. The number of carboxylic acid groups (broad SMARTS) is 1. The fourth-order valence-electron chi connectivity index (χ4n) is 5.65. The Balaban J connectivity index is 1.18. The number of aromatic nitrogens is 3. The predicted octanol–water partition coefficient (Wildman–Crippen LogP) is 4.46. The maximum Gasteiger partial charge on any atom is 0.303 e. The van der Waals surface area contributed by atoms with Gasteiger partial charge in [0.1, 0.15) is 0 Å². The molecule has 0 amide bonds. The number of piperazine rings is 1. The van der Waals surface area contributed by atoms with E-state index in [4.69, 9.17) is 37.7 Å². The van der Waals surface area contributed by atoms with Gasteiger partial charge in [-0.25, -0.2) is 15.0 Å². The molecule has 3 fully saturated rings. The molecule has 41 heavy (non-hydrogen) atoms. The lowest BCUT2D eigenvalue weighted by atomic mass is 10.1. The first-order valence-electron chi connectivity index (χ1n) is 13.9. The van der Waals surface area contributed by atoms with E-state index < -0.39 is 5.97 Å². The van der Waals surface area contributed by atoms with Gasteiger partial charge in [0.2, 0.25) is 11.8 Å². The molecule has 0 bridgehead atoms. The van der Waals surface area contributed by atoms with E-state index in [1.807, 2.05) is 24.3 Å². The van der Waals surface area contributed by atoms with Crippen molar-refractivity contribution in [3.05, 3.63) is 58.3 Å². The Bertz CT molecular complexity index is 1360. The summed E-state index contributed by atoms with van der Waals surface area (Å²) < 4.78 is 11.5. The number of hydrogen-bond donors (Lipinski definition) is 1. The molecule has 216 valence electrons. The van der Waals surface area contributed by atoms with Crippen LogP contribution in [0.15, 0.2) is 42.7 Å². The summed E-state index contributed by atoms with van der Waals surface area (Å²) in [6.45, 7) is 7.55. The molecule has 12 heteroatoms. The van der Waals surface area contributed by atoms with Crippen LogP contribution >= 0.6 is 23.2 Å². The summed E-state index contributed by atoms with van der Waals surface area (Å²) >= 11 is 12.6. The molecule has 5 heterocycles. The highest BCUT2D eigenvalue weighted by Gasteiger charge is 2.29. The van der Waals surface area contributed by atoms with Crippen molar-refractivity contribution in [1.82, 2.24) is 24.8 Å². The molecule has 1 N–H and O–H groups in total. The SMILES string of the molecule is O=C(O)CC1CCN(Cc2cc(Oc3cnc(N4CCN(C5COC5)CC4)nc3)nc(-c3cc(Cl)cc(Cl)c3)c2)C1. The minimum atomic E-state index is -0.754. The number of ether oxygens (including phenoxy) is 2. The van der Waals surface area contributed by atoms with Gasteiger partial charge in [-0.15, -0.1) is 0 Å². The summed E-state index contributed by atoms with van der Waals surface area (Å²) in [6, 6.07) is 9.75. The lowest BCUT2D eigenvalue weighted by Crippen LogP contribution is -2.56. The molecule has 1 aromatic carbocycles. The molecule has 3 aliphatic rings. The quantitative estimate of drug-likeness (QED) is 0.379. The summed E-state index contributed by atoms with van der Waals surface area (Å²) in [5.41, 5.74) is 2.44. The third kappa shape index (κ3) is 7.07. The fourth-order valence-corrected chi connectivity index (χ4v) is 6.17. The van der Waals surface area contributed by atoms with Gasteiger partial charge in [0.15, 0.2) is 5.75 Å². The van der Waals surface area contributed by atoms with Crippen LogP contribution in [0, 0.1) is 5.92 Å². The second kappa shape index (κ2) is 12.5. The van der Waals surface area contributed by atoms with Crippen molar-refractivity contribution in [1.29, 1.82) is 0 Å². The van der Waals surface area contributed by atoms with Gasteiger partial charge in [-0.1, -0.05) is 23.2 Å². The summed E-state index contributed by atoms with van der Waals surface area (Å²) in [7, 11) is 0. The summed E-state index contributed by atoms with van der Waals surface area (Å²) in [6.07, 6.45) is 4.41. The van der Waals surface area contributed by atoms with E-state index >= 15 is 0 Å². The van der Waals surface area contributed by atoms with Crippen LogP contribution in [-0.2, 0) is 16.1 Å². The van der Waals surface area contributed by atoms with Crippen LogP contribution in [0.25, 0.3) is 11.3 Å². The van der Waals surface area contributed by atoms with Gasteiger partial charge < -0.3 is 19.5 Å². The van der Waals surface area contributed by atoms with Gasteiger partial charge in [0, 0.05) is 67.4 Å². The van der Waals surface area contributed by atoms with Crippen LogP contribution in [0.2, 0.25) is 10.0 Å². The molecule has 1 atom stereocenters. The highest BCUT2D eigenvalue weighted by Crippen LogP contribution is 2.31. The van der Waals surface area contributed by atoms with Crippen LogP contribution in [0.3, 0.4) is 0 Å². The lowest BCUT2D eigenvalue weighted by molar-refractivity contribution is -0.138. The predicted molar refractivity (Wildman–Crippen MR) is 156 cm³/mol. The van der Waals surface area contributed by atoms with E-state index in [2.05, 4.69) is 24.7 Å². The molecule has 3 aromatic rings. The third-order valence-electron chi connectivity index (χ3n) is 7.83. The number of carbonyl (C=O) groups is 1. The monoisotopic (exact) mass is 598 g/mol. The highest BCUT2D eigenvalue weighted by molar-refractivity contribution is 6.35.